The first kappa shape index (κ1) is 18.1. The normalized spacial score (nSPS) is 10.5. The summed E-state index contributed by atoms with van der Waals surface area (Å²) in [5, 5.41) is 2.28. The molecule has 130 valence electrons. The van der Waals surface area contributed by atoms with Gasteiger partial charge in [-0.25, -0.2) is 13.6 Å². The molecule has 2 rings (SSSR count). The molecule has 0 fully saturated rings. The number of anilines is 1. The van der Waals surface area contributed by atoms with Crippen LogP contribution in [0.25, 0.3) is 6.08 Å². The van der Waals surface area contributed by atoms with E-state index in [0.717, 1.165) is 6.08 Å². The average molecular weight is 347 g/mol. The van der Waals surface area contributed by atoms with Gasteiger partial charge in [0.2, 0.25) is 0 Å². The number of methoxy groups -OCH3 is 1. The maximum atomic E-state index is 13.5. The molecule has 0 aliphatic carbocycles. The molecule has 0 bridgehead atoms. The zero-order valence-electron chi connectivity index (χ0n) is 13.3. The van der Waals surface area contributed by atoms with Gasteiger partial charge in [0.25, 0.3) is 5.91 Å². The maximum Gasteiger partial charge on any atom is 0.331 e. The van der Waals surface area contributed by atoms with Gasteiger partial charge in [0.15, 0.2) is 18.2 Å². The quantitative estimate of drug-likeness (QED) is 0.644. The lowest BCUT2D eigenvalue weighted by atomic mass is 10.2. The van der Waals surface area contributed by atoms with Gasteiger partial charge in [0, 0.05) is 6.08 Å². The van der Waals surface area contributed by atoms with Crippen LogP contribution in [0.4, 0.5) is 14.5 Å². The molecule has 0 saturated carbocycles. The van der Waals surface area contributed by atoms with E-state index in [1.165, 1.54) is 43.5 Å². The third-order valence-corrected chi connectivity index (χ3v) is 3.08. The smallest absolute Gasteiger partial charge is 0.331 e. The van der Waals surface area contributed by atoms with E-state index in [1.54, 1.807) is 12.1 Å². The monoisotopic (exact) mass is 347 g/mol. The molecule has 5 nitrogen and oxygen atoms in total. The minimum atomic E-state index is -0.792. The number of para-hydroxylation sites is 1. The fraction of sp³-hybridized carbons (Fsp3) is 0.111. The van der Waals surface area contributed by atoms with Gasteiger partial charge >= 0.3 is 5.97 Å². The summed E-state index contributed by atoms with van der Waals surface area (Å²) in [6.45, 7) is -0.575. The molecule has 7 heteroatoms. The van der Waals surface area contributed by atoms with Crippen LogP contribution in [0.5, 0.6) is 5.75 Å². The Labute approximate surface area is 142 Å². The van der Waals surface area contributed by atoms with Gasteiger partial charge in [-0.1, -0.05) is 18.2 Å². The number of esters is 1. The van der Waals surface area contributed by atoms with E-state index in [4.69, 9.17) is 9.47 Å². The average Bonchev–Trinajstić information content (AvgIpc) is 2.60. The predicted octanol–water partition coefficient (Wildman–Crippen LogP) is 3.17. The second-order valence-corrected chi connectivity index (χ2v) is 4.86. The largest absolute Gasteiger partial charge is 0.494 e. The summed E-state index contributed by atoms with van der Waals surface area (Å²) in [6.07, 6.45) is 2.39. The number of amides is 1. The van der Waals surface area contributed by atoms with Gasteiger partial charge in [-0.2, -0.15) is 0 Å². The molecule has 0 aromatic heterocycles. The van der Waals surface area contributed by atoms with Gasteiger partial charge in [-0.05, 0) is 35.9 Å². The van der Waals surface area contributed by atoms with E-state index in [9.17, 15) is 18.4 Å². The van der Waals surface area contributed by atoms with E-state index in [0.29, 0.717) is 5.56 Å². The highest BCUT2D eigenvalue weighted by molar-refractivity contribution is 5.94. The number of halogens is 2. The number of hydrogen-bond donors (Lipinski definition) is 1. The van der Waals surface area contributed by atoms with Crippen LogP contribution in [-0.2, 0) is 14.3 Å². The molecular formula is C18H15F2NO4. The third kappa shape index (κ3) is 5.42. The van der Waals surface area contributed by atoms with Gasteiger partial charge < -0.3 is 14.8 Å². The summed E-state index contributed by atoms with van der Waals surface area (Å²) >= 11 is 0. The zero-order chi connectivity index (χ0) is 18.2. The van der Waals surface area contributed by atoms with Crippen molar-refractivity contribution in [1.29, 1.82) is 0 Å². The summed E-state index contributed by atoms with van der Waals surface area (Å²) in [7, 11) is 1.34. The fourth-order valence-electron chi connectivity index (χ4n) is 1.88. The van der Waals surface area contributed by atoms with Gasteiger partial charge in [-0.15, -0.1) is 0 Å². The van der Waals surface area contributed by atoms with Crippen LogP contribution in [0.3, 0.4) is 0 Å². The van der Waals surface area contributed by atoms with Crippen molar-refractivity contribution < 1.29 is 27.8 Å². The Balaban J connectivity index is 1.85. The van der Waals surface area contributed by atoms with Crippen LogP contribution in [0, 0.1) is 11.6 Å². The second kappa shape index (κ2) is 8.58. The van der Waals surface area contributed by atoms with Crippen molar-refractivity contribution in [3.8, 4) is 5.75 Å². The van der Waals surface area contributed by atoms with Crippen LogP contribution in [-0.4, -0.2) is 25.6 Å². The molecule has 1 N–H and O–H groups in total. The Morgan fingerprint density at radius 2 is 1.88 bits per heavy atom. The molecule has 0 atom stereocenters. The van der Waals surface area contributed by atoms with Crippen molar-refractivity contribution in [2.24, 2.45) is 0 Å². The summed E-state index contributed by atoms with van der Waals surface area (Å²) < 4.78 is 36.4. The van der Waals surface area contributed by atoms with E-state index >= 15 is 0 Å². The molecule has 0 aliphatic rings. The number of rotatable bonds is 6. The van der Waals surface area contributed by atoms with Crippen molar-refractivity contribution in [3.05, 3.63) is 65.7 Å². The molecule has 0 radical (unpaired) electrons. The molecule has 2 aromatic rings. The van der Waals surface area contributed by atoms with Crippen LogP contribution in [0.15, 0.2) is 48.5 Å². The summed E-state index contributed by atoms with van der Waals surface area (Å²) in [5.41, 5.74) is 0.416. The molecule has 0 saturated heterocycles. The molecule has 1 amide bonds. The van der Waals surface area contributed by atoms with Crippen LogP contribution >= 0.6 is 0 Å². The minimum absolute atomic E-state index is 0.00667. The van der Waals surface area contributed by atoms with Crippen LogP contribution in [0.1, 0.15) is 5.56 Å². The maximum absolute atomic E-state index is 13.5. The van der Waals surface area contributed by atoms with Gasteiger partial charge in [0.1, 0.15) is 5.82 Å². The molecular weight excluding hydrogens is 332 g/mol. The van der Waals surface area contributed by atoms with Crippen molar-refractivity contribution in [2.75, 3.05) is 19.0 Å². The number of carbonyl (C=O) groups is 2. The van der Waals surface area contributed by atoms with Crippen molar-refractivity contribution in [2.45, 2.75) is 0 Å². The third-order valence-electron chi connectivity index (χ3n) is 3.08. The summed E-state index contributed by atoms with van der Waals surface area (Å²) in [4.78, 5) is 23.2. The SMILES string of the molecule is COc1ccc(/C=C/C(=O)OCC(=O)Nc2ccccc2F)cc1F. The van der Waals surface area contributed by atoms with E-state index in [1.807, 2.05) is 0 Å². The lowest BCUT2D eigenvalue weighted by molar-refractivity contribution is -0.142. The van der Waals surface area contributed by atoms with E-state index in [2.05, 4.69) is 5.32 Å². The fourth-order valence-corrected chi connectivity index (χ4v) is 1.88. The summed E-state index contributed by atoms with van der Waals surface area (Å²) in [5.74, 6) is -2.54. The molecule has 0 unspecified atom stereocenters. The Kier molecular flexibility index (Phi) is 6.22. The van der Waals surface area contributed by atoms with Crippen molar-refractivity contribution in [1.82, 2.24) is 0 Å². The summed E-state index contributed by atoms with van der Waals surface area (Å²) in [6, 6.07) is 9.77. The number of ether oxygens (including phenoxy) is 2. The Bertz CT molecular complexity index is 805. The highest BCUT2D eigenvalue weighted by atomic mass is 19.1. The van der Waals surface area contributed by atoms with Crippen LogP contribution in [0.2, 0.25) is 0 Å². The number of hydrogen-bond acceptors (Lipinski definition) is 4. The number of nitrogens with one attached hydrogen (secondary N) is 1. The highest BCUT2D eigenvalue weighted by Gasteiger charge is 2.08. The first-order valence-electron chi connectivity index (χ1n) is 7.22. The zero-order valence-corrected chi connectivity index (χ0v) is 13.3. The molecule has 0 spiro atoms. The minimum Gasteiger partial charge on any atom is -0.494 e. The lowest BCUT2D eigenvalue weighted by Gasteiger charge is -2.06. The molecule has 25 heavy (non-hydrogen) atoms. The second-order valence-electron chi connectivity index (χ2n) is 4.86. The predicted molar refractivity (Wildman–Crippen MR) is 88.0 cm³/mol. The molecule has 0 heterocycles. The number of benzene rings is 2. The Morgan fingerprint density at radius 1 is 1.12 bits per heavy atom. The first-order chi connectivity index (χ1) is 12.0. The number of carbonyl (C=O) groups excluding carboxylic acids is 2. The topological polar surface area (TPSA) is 64.6 Å². The van der Waals surface area contributed by atoms with Crippen molar-refractivity contribution in [3.63, 3.8) is 0 Å². The van der Waals surface area contributed by atoms with Gasteiger partial charge in [-0.3, -0.25) is 4.79 Å². The standard InChI is InChI=1S/C18H15F2NO4/c1-24-16-8-6-12(10-14(16)20)7-9-18(23)25-11-17(22)21-15-5-3-2-4-13(15)19/h2-10H,11H2,1H3,(H,21,22)/b9-7+. The van der Waals surface area contributed by atoms with Crippen LogP contribution < -0.4 is 10.1 Å². The Morgan fingerprint density at radius 3 is 2.56 bits per heavy atom. The first-order valence-corrected chi connectivity index (χ1v) is 7.22. The van der Waals surface area contributed by atoms with E-state index < -0.39 is 30.1 Å². The van der Waals surface area contributed by atoms with E-state index in [-0.39, 0.29) is 11.4 Å². The molecule has 2 aromatic carbocycles. The highest BCUT2D eigenvalue weighted by Crippen LogP contribution is 2.18. The lowest BCUT2D eigenvalue weighted by Crippen LogP contribution is -2.20. The van der Waals surface area contributed by atoms with Crippen molar-refractivity contribution >= 4 is 23.6 Å². The van der Waals surface area contributed by atoms with Gasteiger partial charge in [0.05, 0.1) is 12.8 Å². The Hall–Kier alpha value is -3.22. The molecule has 0 aliphatic heterocycles.